The summed E-state index contributed by atoms with van der Waals surface area (Å²) in [6.07, 6.45) is 2.40. The SMILES string of the molecule is CCOC1CCN(CC(=O)c2ccc(Cl)cc2)CC1. The highest BCUT2D eigenvalue weighted by Gasteiger charge is 2.21. The second kappa shape index (κ2) is 7.04. The molecule has 0 saturated carbocycles. The van der Waals surface area contributed by atoms with Crippen LogP contribution in [0.3, 0.4) is 0 Å². The van der Waals surface area contributed by atoms with Gasteiger partial charge in [0.2, 0.25) is 0 Å². The fourth-order valence-corrected chi connectivity index (χ4v) is 2.53. The molecule has 0 aromatic heterocycles. The van der Waals surface area contributed by atoms with Crippen molar-refractivity contribution in [2.45, 2.75) is 25.9 Å². The minimum absolute atomic E-state index is 0.159. The zero-order valence-electron chi connectivity index (χ0n) is 11.3. The second-order valence-corrected chi connectivity index (χ2v) is 5.30. The first-order valence-electron chi connectivity index (χ1n) is 6.81. The summed E-state index contributed by atoms with van der Waals surface area (Å²) in [5, 5.41) is 0.661. The zero-order valence-corrected chi connectivity index (χ0v) is 12.0. The number of piperidine rings is 1. The highest BCUT2D eigenvalue weighted by atomic mass is 35.5. The molecule has 0 radical (unpaired) electrons. The van der Waals surface area contributed by atoms with Crippen LogP contribution in [0, 0.1) is 0 Å². The van der Waals surface area contributed by atoms with E-state index in [4.69, 9.17) is 16.3 Å². The molecule has 0 amide bonds. The summed E-state index contributed by atoms with van der Waals surface area (Å²) >= 11 is 5.82. The van der Waals surface area contributed by atoms with Crippen LogP contribution >= 0.6 is 11.6 Å². The normalized spacial score (nSPS) is 17.6. The van der Waals surface area contributed by atoms with Crippen LogP contribution in [0.15, 0.2) is 24.3 Å². The predicted octanol–water partition coefficient (Wildman–Crippen LogP) is 3.02. The number of likely N-dealkylation sites (tertiary alicyclic amines) is 1. The zero-order chi connectivity index (χ0) is 13.7. The van der Waals surface area contributed by atoms with Crippen molar-refractivity contribution in [1.29, 1.82) is 0 Å². The van der Waals surface area contributed by atoms with E-state index in [1.807, 2.05) is 6.92 Å². The van der Waals surface area contributed by atoms with E-state index in [0.29, 0.717) is 17.7 Å². The molecule has 1 aliphatic heterocycles. The summed E-state index contributed by atoms with van der Waals surface area (Å²) in [6, 6.07) is 7.10. The Bertz CT molecular complexity index is 411. The van der Waals surface area contributed by atoms with Crippen LogP contribution in [0.25, 0.3) is 0 Å². The van der Waals surface area contributed by atoms with E-state index in [-0.39, 0.29) is 5.78 Å². The van der Waals surface area contributed by atoms with Gasteiger partial charge in [0.15, 0.2) is 5.78 Å². The van der Waals surface area contributed by atoms with Crippen LogP contribution < -0.4 is 0 Å². The Balaban J connectivity index is 1.82. The molecule has 19 heavy (non-hydrogen) atoms. The summed E-state index contributed by atoms with van der Waals surface area (Å²) in [5.74, 6) is 0.159. The Labute approximate surface area is 119 Å². The maximum Gasteiger partial charge on any atom is 0.176 e. The number of ketones is 1. The molecule has 4 heteroatoms. The van der Waals surface area contributed by atoms with Gasteiger partial charge in [-0.05, 0) is 44.0 Å². The minimum Gasteiger partial charge on any atom is -0.378 e. The Morgan fingerprint density at radius 2 is 1.95 bits per heavy atom. The van der Waals surface area contributed by atoms with Crippen LogP contribution in [0.5, 0.6) is 0 Å². The molecule has 0 bridgehead atoms. The number of nitrogens with zero attached hydrogens (tertiary/aromatic N) is 1. The molecule has 1 saturated heterocycles. The van der Waals surface area contributed by atoms with Gasteiger partial charge in [0.1, 0.15) is 0 Å². The number of Topliss-reactive ketones (excluding diaryl/α,β-unsaturated/α-hetero) is 1. The molecule has 2 rings (SSSR count). The van der Waals surface area contributed by atoms with Gasteiger partial charge in [-0.3, -0.25) is 9.69 Å². The van der Waals surface area contributed by atoms with Crippen LogP contribution in [-0.2, 0) is 4.74 Å². The van der Waals surface area contributed by atoms with E-state index in [1.165, 1.54) is 0 Å². The number of carbonyl (C=O) groups excluding carboxylic acids is 1. The van der Waals surface area contributed by atoms with Crippen molar-refractivity contribution in [2.75, 3.05) is 26.2 Å². The topological polar surface area (TPSA) is 29.5 Å². The summed E-state index contributed by atoms with van der Waals surface area (Å²) in [4.78, 5) is 14.3. The molecule has 3 nitrogen and oxygen atoms in total. The van der Waals surface area contributed by atoms with Crippen LogP contribution in [0.1, 0.15) is 30.1 Å². The molecule has 104 valence electrons. The third-order valence-electron chi connectivity index (χ3n) is 3.47. The van der Waals surface area contributed by atoms with Gasteiger partial charge in [-0.1, -0.05) is 11.6 Å². The average Bonchev–Trinajstić information content (AvgIpc) is 2.42. The van der Waals surface area contributed by atoms with Crippen molar-refractivity contribution in [3.8, 4) is 0 Å². The number of rotatable bonds is 5. The van der Waals surface area contributed by atoms with Gasteiger partial charge in [-0.2, -0.15) is 0 Å². The second-order valence-electron chi connectivity index (χ2n) is 4.86. The lowest BCUT2D eigenvalue weighted by Gasteiger charge is -2.31. The molecule has 1 aromatic carbocycles. The summed E-state index contributed by atoms with van der Waals surface area (Å²) in [7, 11) is 0. The highest BCUT2D eigenvalue weighted by Crippen LogP contribution is 2.15. The standard InChI is InChI=1S/C15H20ClNO2/c1-2-19-14-7-9-17(10-8-14)11-15(18)12-3-5-13(16)6-4-12/h3-6,14H,2,7-11H2,1H3. The van der Waals surface area contributed by atoms with Gasteiger partial charge in [-0.15, -0.1) is 0 Å². The fraction of sp³-hybridized carbons (Fsp3) is 0.533. The summed E-state index contributed by atoms with van der Waals surface area (Å²) < 4.78 is 5.61. The van der Waals surface area contributed by atoms with E-state index < -0.39 is 0 Å². The van der Waals surface area contributed by atoms with Gasteiger partial charge >= 0.3 is 0 Å². The lowest BCUT2D eigenvalue weighted by atomic mass is 10.1. The van der Waals surface area contributed by atoms with Crippen molar-refractivity contribution in [1.82, 2.24) is 4.90 Å². The van der Waals surface area contributed by atoms with Crippen LogP contribution in [0.4, 0.5) is 0 Å². The van der Waals surface area contributed by atoms with E-state index >= 15 is 0 Å². The molecule has 1 heterocycles. The number of benzene rings is 1. The fourth-order valence-electron chi connectivity index (χ4n) is 2.40. The molecular weight excluding hydrogens is 262 g/mol. The van der Waals surface area contributed by atoms with Crippen LogP contribution in [-0.4, -0.2) is 43.0 Å². The van der Waals surface area contributed by atoms with Gasteiger partial charge in [0.25, 0.3) is 0 Å². The lowest BCUT2D eigenvalue weighted by Crippen LogP contribution is -2.39. The molecule has 0 N–H and O–H groups in total. The van der Waals surface area contributed by atoms with Crippen molar-refractivity contribution >= 4 is 17.4 Å². The van der Waals surface area contributed by atoms with Gasteiger partial charge < -0.3 is 4.74 Å². The number of carbonyl (C=O) groups is 1. The van der Waals surface area contributed by atoms with E-state index in [1.54, 1.807) is 24.3 Å². The number of hydrogen-bond donors (Lipinski definition) is 0. The minimum atomic E-state index is 0.159. The first-order valence-corrected chi connectivity index (χ1v) is 7.19. The van der Waals surface area contributed by atoms with Gasteiger partial charge in [0, 0.05) is 30.3 Å². The average molecular weight is 282 g/mol. The first kappa shape index (κ1) is 14.5. The highest BCUT2D eigenvalue weighted by molar-refractivity contribution is 6.30. The van der Waals surface area contributed by atoms with Gasteiger partial charge in [-0.25, -0.2) is 0 Å². The largest absolute Gasteiger partial charge is 0.378 e. The quantitative estimate of drug-likeness (QED) is 0.777. The van der Waals surface area contributed by atoms with Crippen molar-refractivity contribution in [3.05, 3.63) is 34.9 Å². The summed E-state index contributed by atoms with van der Waals surface area (Å²) in [6.45, 7) is 5.15. The number of halogens is 1. The maximum atomic E-state index is 12.1. The molecule has 1 aliphatic rings. The van der Waals surface area contributed by atoms with E-state index in [2.05, 4.69) is 4.90 Å². The molecule has 1 fully saturated rings. The Morgan fingerprint density at radius 1 is 1.32 bits per heavy atom. The third-order valence-corrected chi connectivity index (χ3v) is 3.72. The van der Waals surface area contributed by atoms with Crippen LogP contribution in [0.2, 0.25) is 5.02 Å². The third kappa shape index (κ3) is 4.30. The number of ether oxygens (including phenoxy) is 1. The molecule has 0 unspecified atom stereocenters. The van der Waals surface area contributed by atoms with Crippen molar-refractivity contribution in [3.63, 3.8) is 0 Å². The lowest BCUT2D eigenvalue weighted by molar-refractivity contribution is 0.0147. The van der Waals surface area contributed by atoms with E-state index in [9.17, 15) is 4.79 Å². The summed E-state index contributed by atoms with van der Waals surface area (Å²) in [5.41, 5.74) is 0.733. The molecular formula is C15H20ClNO2. The van der Waals surface area contributed by atoms with Crippen molar-refractivity contribution < 1.29 is 9.53 Å². The first-order chi connectivity index (χ1) is 9.19. The number of hydrogen-bond acceptors (Lipinski definition) is 3. The molecule has 0 spiro atoms. The molecule has 0 atom stereocenters. The molecule has 1 aromatic rings. The predicted molar refractivity (Wildman–Crippen MR) is 76.9 cm³/mol. The smallest absolute Gasteiger partial charge is 0.176 e. The van der Waals surface area contributed by atoms with Gasteiger partial charge in [0.05, 0.1) is 12.6 Å². The Kier molecular flexibility index (Phi) is 5.37. The monoisotopic (exact) mass is 281 g/mol. The van der Waals surface area contributed by atoms with E-state index in [0.717, 1.165) is 38.1 Å². The Hall–Kier alpha value is -0.900. The molecule has 0 aliphatic carbocycles. The van der Waals surface area contributed by atoms with Crippen molar-refractivity contribution in [2.24, 2.45) is 0 Å². The maximum absolute atomic E-state index is 12.1. The Morgan fingerprint density at radius 3 is 2.53 bits per heavy atom.